The van der Waals surface area contributed by atoms with Crippen molar-refractivity contribution in [3.05, 3.63) is 110 Å². The van der Waals surface area contributed by atoms with Crippen molar-refractivity contribution < 1.29 is 23.9 Å². The predicted molar refractivity (Wildman–Crippen MR) is 196 cm³/mol. The van der Waals surface area contributed by atoms with Crippen LogP contribution in [-0.2, 0) is 14.4 Å². The number of nitrogens with one attached hydrogen (secondary N) is 2. The number of halogens is 1. The molecule has 4 aliphatic rings. The summed E-state index contributed by atoms with van der Waals surface area (Å²) in [6.45, 7) is -0.214. The molecule has 3 heterocycles. The second kappa shape index (κ2) is 12.1. The van der Waals surface area contributed by atoms with E-state index in [1.165, 1.54) is 16.2 Å². The number of hydrogen-bond donors (Lipinski definition) is 2. The van der Waals surface area contributed by atoms with Crippen molar-refractivity contribution in [3.8, 4) is 11.5 Å². The van der Waals surface area contributed by atoms with E-state index in [4.69, 9.17) is 9.47 Å². The highest BCUT2D eigenvalue weighted by Gasteiger charge is 2.69. The lowest BCUT2D eigenvalue weighted by Gasteiger charge is -2.43. The highest BCUT2D eigenvalue weighted by molar-refractivity contribution is 9.10. The number of thioether (sulfide) groups is 1. The SMILES string of the molecule is COc1cc([C@@H]2c3sc(=O)[nH]c3S[C@@H]3[C@@H]4C[C@@H]([C@@H]5C(=O)N(c6ccc(Br)cc6)C(=O)[C@@H]45)[C@H]23)ccc1OCC(=O)Nc1ccc2ccccc2c1. The number of methoxy groups -OCH3 is 1. The van der Waals surface area contributed by atoms with Crippen molar-refractivity contribution in [2.24, 2.45) is 29.6 Å². The maximum atomic E-state index is 14.0. The molecule has 2 N–H and O–H groups in total. The Labute approximate surface area is 303 Å². The van der Waals surface area contributed by atoms with Crippen LogP contribution in [0.15, 0.2) is 99.2 Å². The first-order chi connectivity index (χ1) is 24.3. The van der Waals surface area contributed by atoms with E-state index in [2.05, 4.69) is 26.2 Å². The van der Waals surface area contributed by atoms with Crippen LogP contribution in [0.5, 0.6) is 11.5 Å². The van der Waals surface area contributed by atoms with Crippen LogP contribution in [0.25, 0.3) is 10.8 Å². The van der Waals surface area contributed by atoms with Crippen LogP contribution in [0.3, 0.4) is 0 Å². The molecule has 3 fully saturated rings. The van der Waals surface area contributed by atoms with Gasteiger partial charge < -0.3 is 19.8 Å². The molecule has 2 aliphatic heterocycles. The van der Waals surface area contributed by atoms with Gasteiger partial charge in [0, 0.05) is 26.2 Å². The van der Waals surface area contributed by atoms with Gasteiger partial charge >= 0.3 is 4.87 Å². The molecule has 2 saturated carbocycles. The molecule has 3 amide bonds. The molecule has 9 nitrogen and oxygen atoms in total. The van der Waals surface area contributed by atoms with Gasteiger partial charge in [0.25, 0.3) is 5.91 Å². The number of imide groups is 1. The molecule has 252 valence electrons. The van der Waals surface area contributed by atoms with E-state index >= 15 is 0 Å². The van der Waals surface area contributed by atoms with Crippen LogP contribution in [0.2, 0.25) is 0 Å². The van der Waals surface area contributed by atoms with E-state index in [-0.39, 0.29) is 64.0 Å². The van der Waals surface area contributed by atoms with Gasteiger partial charge in [-0.3, -0.25) is 24.1 Å². The van der Waals surface area contributed by atoms with E-state index in [0.717, 1.165) is 37.1 Å². The van der Waals surface area contributed by atoms with Crippen LogP contribution >= 0.6 is 39.0 Å². The molecular formula is C38H30BrN3O6S2. The van der Waals surface area contributed by atoms with Gasteiger partial charge in [-0.1, -0.05) is 63.7 Å². The van der Waals surface area contributed by atoms with Crippen molar-refractivity contribution in [2.45, 2.75) is 22.6 Å². The number of nitrogens with zero attached hydrogens (tertiary/aromatic N) is 1. The number of rotatable bonds is 7. The fourth-order valence-corrected chi connectivity index (χ4v) is 12.0. The lowest BCUT2D eigenvalue weighted by Crippen LogP contribution is -2.42. The largest absolute Gasteiger partial charge is 0.493 e. The number of fused-ring (bicyclic) bond motifs is 10. The van der Waals surface area contributed by atoms with Gasteiger partial charge in [0.1, 0.15) is 0 Å². The van der Waals surface area contributed by atoms with E-state index in [1.54, 1.807) is 37.1 Å². The quantitative estimate of drug-likeness (QED) is 0.171. The molecule has 12 heteroatoms. The first-order valence-electron chi connectivity index (χ1n) is 16.4. The number of aromatic nitrogens is 1. The van der Waals surface area contributed by atoms with Crippen LogP contribution in [-0.4, -0.2) is 41.7 Å². The van der Waals surface area contributed by atoms with Crippen molar-refractivity contribution >= 4 is 78.9 Å². The lowest BCUT2D eigenvalue weighted by atomic mass is 9.68. The van der Waals surface area contributed by atoms with E-state index < -0.39 is 5.92 Å². The third kappa shape index (κ3) is 5.02. The van der Waals surface area contributed by atoms with Crippen LogP contribution in [0, 0.1) is 29.6 Å². The van der Waals surface area contributed by atoms with E-state index in [9.17, 15) is 19.2 Å². The Morgan fingerprint density at radius 2 is 1.68 bits per heavy atom. The third-order valence-electron chi connectivity index (χ3n) is 10.7. The van der Waals surface area contributed by atoms with E-state index in [0.29, 0.717) is 22.9 Å². The Morgan fingerprint density at radius 3 is 2.46 bits per heavy atom. The molecule has 2 aliphatic carbocycles. The molecule has 7 atom stereocenters. The van der Waals surface area contributed by atoms with Gasteiger partial charge in [-0.2, -0.15) is 0 Å². The van der Waals surface area contributed by atoms with Gasteiger partial charge in [0.2, 0.25) is 11.8 Å². The minimum Gasteiger partial charge on any atom is -0.493 e. The van der Waals surface area contributed by atoms with Gasteiger partial charge in [0.05, 0.1) is 29.7 Å². The first kappa shape index (κ1) is 31.6. The first-order valence-corrected chi connectivity index (χ1v) is 18.9. The number of anilines is 2. The van der Waals surface area contributed by atoms with Crippen molar-refractivity contribution in [1.82, 2.24) is 4.98 Å². The molecule has 50 heavy (non-hydrogen) atoms. The van der Waals surface area contributed by atoms with Gasteiger partial charge in [0.15, 0.2) is 18.1 Å². The molecule has 9 rings (SSSR count). The Kier molecular flexibility index (Phi) is 7.67. The Balaban J connectivity index is 0.990. The molecule has 4 aromatic carbocycles. The standard InChI is InChI=1S/C38H30BrN3O6S2/c1-47-27-15-20(7-13-26(27)48-17-28(43)40-22-10-6-18-4-2-3-5-19(18)14-22)29-30-24-16-25(33(30)49-35-34(29)50-38(46)41-35)32-31(24)36(44)42(37(32)45)23-11-8-21(39)9-12-23/h2-15,24-25,29-33H,16-17H2,1H3,(H,40,43)(H,41,46)/t24-,25-,29+,30-,31+,32+,33-/m1/s1. The van der Waals surface area contributed by atoms with Crippen LogP contribution < -0.4 is 24.6 Å². The minimum absolute atomic E-state index is 0.0153. The highest BCUT2D eigenvalue weighted by Crippen LogP contribution is 2.68. The third-order valence-corrected chi connectivity index (χ3v) is 13.9. The monoisotopic (exact) mass is 767 g/mol. The summed E-state index contributed by atoms with van der Waals surface area (Å²) in [6.07, 6.45) is 0.795. The lowest BCUT2D eigenvalue weighted by molar-refractivity contribution is -0.123. The molecule has 5 aromatic rings. The Bertz CT molecular complexity index is 2270. The normalized spacial score (nSPS) is 26.1. The molecule has 1 saturated heterocycles. The maximum Gasteiger partial charge on any atom is 0.305 e. The summed E-state index contributed by atoms with van der Waals surface area (Å²) >= 11 is 6.30. The van der Waals surface area contributed by atoms with Crippen molar-refractivity contribution in [1.29, 1.82) is 0 Å². The number of carbonyl (C=O) groups excluding carboxylic acids is 3. The molecular weight excluding hydrogens is 738 g/mol. The zero-order valence-electron chi connectivity index (χ0n) is 26.6. The summed E-state index contributed by atoms with van der Waals surface area (Å²) in [6, 6.07) is 26.7. The van der Waals surface area contributed by atoms with Crippen LogP contribution in [0.4, 0.5) is 11.4 Å². The number of H-pyrrole nitrogens is 1. The average molecular weight is 769 g/mol. The number of thiazole rings is 1. The number of amides is 3. The minimum atomic E-state index is -0.400. The molecule has 1 aromatic heterocycles. The number of aromatic amines is 1. The molecule has 0 radical (unpaired) electrons. The molecule has 0 unspecified atom stereocenters. The summed E-state index contributed by atoms with van der Waals surface area (Å²) in [5, 5.41) is 5.91. The predicted octanol–water partition coefficient (Wildman–Crippen LogP) is 7.06. The number of benzene rings is 4. The number of ether oxygens (including phenoxy) is 2. The Hall–Kier alpha value is -4.39. The highest BCUT2D eigenvalue weighted by atomic mass is 79.9. The summed E-state index contributed by atoms with van der Waals surface area (Å²) in [7, 11) is 1.56. The Morgan fingerprint density at radius 1 is 0.920 bits per heavy atom. The van der Waals surface area contributed by atoms with Gasteiger partial charge in [-0.15, -0.1) is 11.8 Å². The fourth-order valence-electron chi connectivity index (χ4n) is 8.84. The maximum absolute atomic E-state index is 14.0. The summed E-state index contributed by atoms with van der Waals surface area (Å²) in [5.74, 6) is -0.584. The molecule has 2 bridgehead atoms. The van der Waals surface area contributed by atoms with Gasteiger partial charge in [-0.05, 0) is 89.0 Å². The zero-order valence-corrected chi connectivity index (χ0v) is 29.8. The summed E-state index contributed by atoms with van der Waals surface area (Å²) < 4.78 is 12.6. The second-order valence-corrected chi connectivity index (χ2v) is 16.4. The van der Waals surface area contributed by atoms with Gasteiger partial charge in [-0.25, -0.2) is 0 Å². The number of carbonyl (C=O) groups is 3. The zero-order chi connectivity index (χ0) is 34.3. The van der Waals surface area contributed by atoms with Crippen molar-refractivity contribution in [3.63, 3.8) is 0 Å². The van der Waals surface area contributed by atoms with Crippen molar-refractivity contribution in [2.75, 3.05) is 23.9 Å². The fraction of sp³-hybridized carbons (Fsp3) is 0.263. The molecule has 0 spiro atoms. The topological polar surface area (TPSA) is 118 Å². The van der Waals surface area contributed by atoms with E-state index in [1.807, 2.05) is 66.7 Å². The second-order valence-electron chi connectivity index (χ2n) is 13.3. The smallest absolute Gasteiger partial charge is 0.305 e. The summed E-state index contributed by atoms with van der Waals surface area (Å²) in [5.41, 5.74) is 2.22. The number of hydrogen-bond acceptors (Lipinski definition) is 8. The van der Waals surface area contributed by atoms with Crippen LogP contribution in [0.1, 0.15) is 22.8 Å². The average Bonchev–Trinajstić information content (AvgIpc) is 3.86. The summed E-state index contributed by atoms with van der Waals surface area (Å²) in [4.78, 5) is 58.8.